The van der Waals surface area contributed by atoms with Crippen molar-refractivity contribution in [1.82, 2.24) is 5.32 Å². The van der Waals surface area contributed by atoms with E-state index in [4.69, 9.17) is 0 Å². The highest BCUT2D eigenvalue weighted by atomic mass is 16.3. The first-order valence-corrected chi connectivity index (χ1v) is 17.2. The van der Waals surface area contributed by atoms with E-state index >= 15 is 0 Å². The molecule has 0 saturated heterocycles. The minimum absolute atomic E-state index is 0.0547. The van der Waals surface area contributed by atoms with Gasteiger partial charge in [-0.2, -0.15) is 0 Å². The van der Waals surface area contributed by atoms with Gasteiger partial charge in [0, 0.05) is 6.42 Å². The zero-order valence-electron chi connectivity index (χ0n) is 26.0. The SMILES string of the molecule is CCCCCCCCCCCCCCCCCCCCCCCCCC(O)C(CO)NC(=O)CCCCC. The van der Waals surface area contributed by atoms with Gasteiger partial charge < -0.3 is 15.5 Å². The average molecular weight is 540 g/mol. The van der Waals surface area contributed by atoms with Crippen LogP contribution in [0.4, 0.5) is 0 Å². The Kier molecular flexibility index (Phi) is 30.4. The van der Waals surface area contributed by atoms with Crippen LogP contribution in [0.25, 0.3) is 0 Å². The van der Waals surface area contributed by atoms with Crippen LogP contribution in [0.2, 0.25) is 0 Å². The number of carbonyl (C=O) groups is 1. The fourth-order valence-corrected chi connectivity index (χ4v) is 5.42. The van der Waals surface area contributed by atoms with Gasteiger partial charge in [0.2, 0.25) is 5.91 Å². The monoisotopic (exact) mass is 540 g/mol. The lowest BCUT2D eigenvalue weighted by Gasteiger charge is -2.22. The van der Waals surface area contributed by atoms with Crippen molar-refractivity contribution >= 4 is 5.91 Å². The molecule has 4 heteroatoms. The van der Waals surface area contributed by atoms with E-state index in [9.17, 15) is 15.0 Å². The molecule has 0 heterocycles. The Morgan fingerprint density at radius 1 is 0.526 bits per heavy atom. The molecule has 0 aromatic carbocycles. The van der Waals surface area contributed by atoms with Gasteiger partial charge in [-0.1, -0.05) is 174 Å². The Labute approximate surface area is 238 Å². The molecule has 2 atom stereocenters. The molecular weight excluding hydrogens is 470 g/mol. The van der Waals surface area contributed by atoms with Crippen LogP contribution >= 0.6 is 0 Å². The summed E-state index contributed by atoms with van der Waals surface area (Å²) in [5, 5.41) is 22.7. The summed E-state index contributed by atoms with van der Waals surface area (Å²) in [6, 6.07) is -0.524. The summed E-state index contributed by atoms with van der Waals surface area (Å²) in [7, 11) is 0. The van der Waals surface area contributed by atoms with Crippen molar-refractivity contribution < 1.29 is 15.0 Å². The highest BCUT2D eigenvalue weighted by molar-refractivity contribution is 5.76. The summed E-state index contributed by atoms with van der Waals surface area (Å²) in [4.78, 5) is 11.9. The van der Waals surface area contributed by atoms with E-state index in [1.54, 1.807) is 0 Å². The summed E-state index contributed by atoms with van der Waals surface area (Å²) in [5.74, 6) is -0.0547. The molecule has 0 radical (unpaired) electrons. The number of nitrogens with one attached hydrogen (secondary N) is 1. The molecule has 0 bridgehead atoms. The van der Waals surface area contributed by atoms with Crippen LogP contribution in [0.1, 0.15) is 194 Å². The lowest BCUT2D eigenvalue weighted by atomic mass is 10.0. The number of aliphatic hydroxyl groups excluding tert-OH is 2. The third-order valence-electron chi connectivity index (χ3n) is 8.12. The van der Waals surface area contributed by atoms with Crippen molar-refractivity contribution in [2.24, 2.45) is 0 Å². The molecule has 38 heavy (non-hydrogen) atoms. The summed E-state index contributed by atoms with van der Waals surface area (Å²) >= 11 is 0. The lowest BCUT2D eigenvalue weighted by Crippen LogP contribution is -2.45. The molecule has 0 fully saturated rings. The lowest BCUT2D eigenvalue weighted by molar-refractivity contribution is -0.123. The van der Waals surface area contributed by atoms with Gasteiger partial charge >= 0.3 is 0 Å². The molecule has 0 rings (SSSR count). The normalized spacial score (nSPS) is 13.1. The summed E-state index contributed by atoms with van der Waals surface area (Å²) in [6.45, 7) is 4.21. The molecule has 228 valence electrons. The number of rotatable bonds is 31. The molecule has 0 aliphatic heterocycles. The second-order valence-corrected chi connectivity index (χ2v) is 11.9. The predicted octanol–water partition coefficient (Wildman–Crippen LogP) is 9.79. The van der Waals surface area contributed by atoms with Crippen molar-refractivity contribution in [1.29, 1.82) is 0 Å². The highest BCUT2D eigenvalue weighted by Crippen LogP contribution is 2.16. The van der Waals surface area contributed by atoms with E-state index in [2.05, 4.69) is 19.2 Å². The minimum Gasteiger partial charge on any atom is -0.394 e. The maximum absolute atomic E-state index is 11.9. The van der Waals surface area contributed by atoms with Crippen LogP contribution in [-0.4, -0.2) is 34.9 Å². The second kappa shape index (κ2) is 30.9. The van der Waals surface area contributed by atoms with Crippen molar-refractivity contribution in [2.75, 3.05) is 6.61 Å². The Bertz CT molecular complexity index is 471. The van der Waals surface area contributed by atoms with Crippen molar-refractivity contribution in [3.63, 3.8) is 0 Å². The zero-order valence-corrected chi connectivity index (χ0v) is 26.0. The summed E-state index contributed by atoms with van der Waals surface area (Å²) in [5.41, 5.74) is 0. The fourth-order valence-electron chi connectivity index (χ4n) is 5.42. The molecule has 3 N–H and O–H groups in total. The van der Waals surface area contributed by atoms with Gasteiger partial charge in [-0.25, -0.2) is 0 Å². The molecule has 4 nitrogen and oxygen atoms in total. The molecule has 1 amide bonds. The molecule has 2 unspecified atom stereocenters. The van der Waals surface area contributed by atoms with Gasteiger partial charge in [0.25, 0.3) is 0 Å². The van der Waals surface area contributed by atoms with E-state index in [1.807, 2.05) is 0 Å². The topological polar surface area (TPSA) is 69.6 Å². The zero-order chi connectivity index (χ0) is 27.9. The maximum Gasteiger partial charge on any atom is 0.220 e. The van der Waals surface area contributed by atoms with Crippen LogP contribution in [0.15, 0.2) is 0 Å². The molecule has 0 spiro atoms. The van der Waals surface area contributed by atoms with Crippen LogP contribution in [0.5, 0.6) is 0 Å². The maximum atomic E-state index is 11.9. The first kappa shape index (κ1) is 37.4. The first-order valence-electron chi connectivity index (χ1n) is 17.2. The standard InChI is InChI=1S/C34H69NO3/c1-3-5-7-8-9-10-11-12-13-14-15-16-17-18-19-20-21-22-23-24-25-26-28-29-33(37)32(31-36)35-34(38)30-27-6-4-2/h32-33,36-37H,3-31H2,1-2H3,(H,35,38). The van der Waals surface area contributed by atoms with E-state index in [0.29, 0.717) is 12.8 Å². The smallest absolute Gasteiger partial charge is 0.220 e. The molecule has 0 aliphatic rings. The second-order valence-electron chi connectivity index (χ2n) is 11.9. The van der Waals surface area contributed by atoms with Gasteiger partial charge in [-0.15, -0.1) is 0 Å². The van der Waals surface area contributed by atoms with E-state index < -0.39 is 12.1 Å². The predicted molar refractivity (Wildman–Crippen MR) is 166 cm³/mol. The fraction of sp³-hybridized carbons (Fsp3) is 0.971. The van der Waals surface area contributed by atoms with Gasteiger partial charge in [-0.05, 0) is 12.8 Å². The van der Waals surface area contributed by atoms with Crippen molar-refractivity contribution in [3.8, 4) is 0 Å². The number of amides is 1. The summed E-state index contributed by atoms with van der Waals surface area (Å²) < 4.78 is 0. The Morgan fingerprint density at radius 3 is 1.18 bits per heavy atom. The van der Waals surface area contributed by atoms with Crippen molar-refractivity contribution in [3.05, 3.63) is 0 Å². The van der Waals surface area contributed by atoms with Gasteiger partial charge in [0.1, 0.15) is 0 Å². The third kappa shape index (κ3) is 27.0. The van der Waals surface area contributed by atoms with Crippen molar-refractivity contribution in [2.45, 2.75) is 206 Å². The number of carbonyl (C=O) groups excluding carboxylic acids is 1. The number of hydrogen-bond acceptors (Lipinski definition) is 3. The molecular formula is C34H69NO3. The largest absolute Gasteiger partial charge is 0.394 e. The number of unbranched alkanes of at least 4 members (excludes halogenated alkanes) is 24. The Hall–Kier alpha value is -0.610. The average Bonchev–Trinajstić information content (AvgIpc) is 2.92. The molecule has 0 aromatic heterocycles. The molecule has 0 saturated carbocycles. The van der Waals surface area contributed by atoms with Crippen LogP contribution < -0.4 is 5.32 Å². The molecule has 0 aromatic rings. The number of hydrogen-bond donors (Lipinski definition) is 3. The highest BCUT2D eigenvalue weighted by Gasteiger charge is 2.19. The molecule has 0 aliphatic carbocycles. The van der Waals surface area contributed by atoms with Crippen LogP contribution in [0, 0.1) is 0 Å². The number of aliphatic hydroxyl groups is 2. The van der Waals surface area contributed by atoms with E-state index in [1.165, 1.54) is 135 Å². The summed E-state index contributed by atoms with van der Waals surface area (Å²) in [6.07, 6.45) is 35.1. The van der Waals surface area contributed by atoms with E-state index in [-0.39, 0.29) is 12.5 Å². The first-order chi connectivity index (χ1) is 18.7. The van der Waals surface area contributed by atoms with Gasteiger partial charge in [-0.3, -0.25) is 4.79 Å². The van der Waals surface area contributed by atoms with Crippen LogP contribution in [-0.2, 0) is 4.79 Å². The van der Waals surface area contributed by atoms with Crippen LogP contribution in [0.3, 0.4) is 0 Å². The minimum atomic E-state index is -0.648. The van der Waals surface area contributed by atoms with E-state index in [0.717, 1.165) is 32.1 Å². The van der Waals surface area contributed by atoms with Gasteiger partial charge in [0.05, 0.1) is 18.8 Å². The Morgan fingerprint density at radius 2 is 0.842 bits per heavy atom. The van der Waals surface area contributed by atoms with Gasteiger partial charge in [0.15, 0.2) is 0 Å². The quantitative estimate of drug-likeness (QED) is 0.0768. The Balaban J connectivity index is 3.33. The third-order valence-corrected chi connectivity index (χ3v) is 8.12.